The number of nitrogens with zero attached hydrogens (tertiary/aromatic N) is 6. The molecule has 0 N–H and O–H groups in total. The monoisotopic (exact) mass is 572 g/mol. The summed E-state index contributed by atoms with van der Waals surface area (Å²) < 4.78 is 0. The SMILES string of the molecule is C#CCN(C)[C@H](C)Cc1ccccc1.O=C1CC2(CCCC2)CC(=O)N1CCCCN1CCN(c2ncccn2)CC1. The molecule has 1 atom stereocenters. The van der Waals surface area contributed by atoms with E-state index in [2.05, 4.69) is 68.8 Å². The number of hydrogen-bond acceptors (Lipinski definition) is 7. The summed E-state index contributed by atoms with van der Waals surface area (Å²) in [5.41, 5.74) is 1.37. The van der Waals surface area contributed by atoms with Gasteiger partial charge >= 0.3 is 0 Å². The second kappa shape index (κ2) is 15.8. The van der Waals surface area contributed by atoms with Gasteiger partial charge in [0.05, 0.1) is 6.54 Å². The van der Waals surface area contributed by atoms with Gasteiger partial charge in [0.15, 0.2) is 0 Å². The largest absolute Gasteiger partial charge is 0.338 e. The lowest BCUT2D eigenvalue weighted by Gasteiger charge is -2.37. The summed E-state index contributed by atoms with van der Waals surface area (Å²) in [7, 11) is 2.06. The lowest BCUT2D eigenvalue weighted by atomic mass is 9.76. The Kier molecular flexibility index (Phi) is 11.9. The maximum absolute atomic E-state index is 12.5. The van der Waals surface area contributed by atoms with Crippen LogP contribution in [0.15, 0.2) is 48.8 Å². The van der Waals surface area contributed by atoms with Crippen molar-refractivity contribution in [2.45, 2.75) is 70.8 Å². The molecule has 1 aliphatic carbocycles. The van der Waals surface area contributed by atoms with Gasteiger partial charge in [-0.15, -0.1) is 6.42 Å². The van der Waals surface area contributed by atoms with E-state index >= 15 is 0 Å². The molecule has 2 aromatic rings. The number of piperazine rings is 1. The smallest absolute Gasteiger partial charge is 0.229 e. The first-order chi connectivity index (χ1) is 20.4. The highest BCUT2D eigenvalue weighted by molar-refractivity contribution is 5.98. The van der Waals surface area contributed by atoms with Crippen molar-refractivity contribution in [3.63, 3.8) is 0 Å². The Morgan fingerprint density at radius 2 is 1.55 bits per heavy atom. The first kappa shape index (κ1) is 31.7. The van der Waals surface area contributed by atoms with Crippen molar-refractivity contribution in [1.82, 2.24) is 24.7 Å². The van der Waals surface area contributed by atoms with Crippen LogP contribution < -0.4 is 4.90 Å². The van der Waals surface area contributed by atoms with E-state index in [1.54, 1.807) is 12.4 Å². The van der Waals surface area contributed by atoms with Crippen molar-refractivity contribution >= 4 is 17.8 Å². The maximum atomic E-state index is 12.5. The lowest BCUT2D eigenvalue weighted by Crippen LogP contribution is -2.48. The van der Waals surface area contributed by atoms with E-state index in [-0.39, 0.29) is 17.2 Å². The number of piperidine rings is 1. The minimum absolute atomic E-state index is 0.00676. The van der Waals surface area contributed by atoms with Crippen LogP contribution in [-0.4, -0.2) is 95.4 Å². The highest BCUT2D eigenvalue weighted by atomic mass is 16.2. The number of hydrogen-bond donors (Lipinski definition) is 0. The first-order valence-corrected chi connectivity index (χ1v) is 15.6. The molecule has 2 aliphatic heterocycles. The molecule has 3 heterocycles. The van der Waals surface area contributed by atoms with Gasteiger partial charge in [-0.05, 0) is 69.7 Å². The van der Waals surface area contributed by atoms with E-state index in [4.69, 9.17) is 6.42 Å². The van der Waals surface area contributed by atoms with Crippen LogP contribution in [0.3, 0.4) is 0 Å². The number of carbonyl (C=O) groups is 2. The van der Waals surface area contributed by atoms with Crippen LogP contribution in [0, 0.1) is 17.8 Å². The van der Waals surface area contributed by atoms with Gasteiger partial charge in [-0.1, -0.05) is 49.1 Å². The molecule has 1 spiro atoms. The molecule has 3 aliphatic rings. The predicted molar refractivity (Wildman–Crippen MR) is 168 cm³/mol. The van der Waals surface area contributed by atoms with E-state index in [0.717, 1.165) is 70.8 Å². The fraction of sp³-hybridized carbons (Fsp3) is 0.588. The second-order valence-corrected chi connectivity index (χ2v) is 12.2. The van der Waals surface area contributed by atoms with Gasteiger partial charge in [-0.2, -0.15) is 0 Å². The average Bonchev–Trinajstić information content (AvgIpc) is 3.45. The minimum Gasteiger partial charge on any atom is -0.338 e. The number of imide groups is 1. The fourth-order valence-corrected chi connectivity index (χ4v) is 6.40. The number of aromatic nitrogens is 2. The Bertz CT molecular complexity index is 1130. The summed E-state index contributed by atoms with van der Waals surface area (Å²) in [5, 5.41) is 0. The van der Waals surface area contributed by atoms with E-state index < -0.39 is 0 Å². The highest BCUT2D eigenvalue weighted by Gasteiger charge is 2.44. The number of carbonyl (C=O) groups excluding carboxylic acids is 2. The molecule has 226 valence electrons. The number of amides is 2. The number of rotatable bonds is 10. The van der Waals surface area contributed by atoms with Crippen LogP contribution in [0.25, 0.3) is 0 Å². The lowest BCUT2D eigenvalue weighted by molar-refractivity contribution is -0.153. The molecule has 2 saturated heterocycles. The number of likely N-dealkylation sites (tertiary alicyclic amines) is 1. The molecule has 2 amide bonds. The predicted octanol–water partition coefficient (Wildman–Crippen LogP) is 4.27. The first-order valence-electron chi connectivity index (χ1n) is 15.6. The number of unbranched alkanes of at least 4 members (excludes halogenated alkanes) is 1. The van der Waals surface area contributed by atoms with Crippen LogP contribution in [-0.2, 0) is 16.0 Å². The Labute approximate surface area is 252 Å². The van der Waals surface area contributed by atoms with Crippen LogP contribution in [0.1, 0.15) is 63.9 Å². The molecule has 3 fully saturated rings. The van der Waals surface area contributed by atoms with Gasteiger partial charge in [-0.25, -0.2) is 9.97 Å². The van der Waals surface area contributed by atoms with Crippen LogP contribution >= 0.6 is 0 Å². The molecule has 0 unspecified atom stereocenters. The summed E-state index contributed by atoms with van der Waals surface area (Å²) in [4.78, 5) is 42.1. The van der Waals surface area contributed by atoms with Crippen LogP contribution in [0.5, 0.6) is 0 Å². The van der Waals surface area contributed by atoms with Crippen molar-refractivity contribution < 1.29 is 9.59 Å². The summed E-state index contributed by atoms with van der Waals surface area (Å²) in [6.45, 7) is 8.41. The van der Waals surface area contributed by atoms with Crippen molar-refractivity contribution in [1.29, 1.82) is 0 Å². The molecule has 42 heavy (non-hydrogen) atoms. The van der Waals surface area contributed by atoms with Crippen molar-refractivity contribution in [3.8, 4) is 12.3 Å². The topological polar surface area (TPSA) is 72.9 Å². The molecule has 5 rings (SSSR count). The summed E-state index contributed by atoms with van der Waals surface area (Å²) in [5.74, 6) is 3.60. The van der Waals surface area contributed by atoms with Crippen LogP contribution in [0.4, 0.5) is 5.95 Å². The van der Waals surface area contributed by atoms with Gasteiger partial charge in [0, 0.05) is 64.0 Å². The summed E-state index contributed by atoms with van der Waals surface area (Å²) in [6.07, 6.45) is 17.4. The van der Waals surface area contributed by atoms with Gasteiger partial charge in [0.2, 0.25) is 17.8 Å². The van der Waals surface area contributed by atoms with Gasteiger partial charge in [-0.3, -0.25) is 24.3 Å². The van der Waals surface area contributed by atoms with Gasteiger partial charge < -0.3 is 4.90 Å². The molecule has 8 heteroatoms. The molecule has 0 radical (unpaired) electrons. The van der Waals surface area contributed by atoms with Gasteiger partial charge in [0.25, 0.3) is 0 Å². The molecular weight excluding hydrogens is 524 g/mol. The molecule has 0 bridgehead atoms. The normalized spacial score (nSPS) is 19.5. The molecule has 1 saturated carbocycles. The standard InChI is InChI=1S/C21H31N5O2.C13H17N/c27-18-16-21(6-1-2-7-21)17-19(28)26(18)11-4-3-10-24-12-14-25(15-13-24)20-22-8-5-9-23-20;1-4-10-14(3)12(2)11-13-8-6-5-7-9-13/h5,8-9H,1-4,6-7,10-17H2;1,5-9,12H,10-11H2,2-3H3/t;12-/m.1/s1. The van der Waals surface area contributed by atoms with Crippen LogP contribution in [0.2, 0.25) is 0 Å². The molecule has 1 aromatic carbocycles. The highest BCUT2D eigenvalue weighted by Crippen LogP contribution is 2.46. The Morgan fingerprint density at radius 3 is 2.17 bits per heavy atom. The van der Waals surface area contributed by atoms with Crippen molar-refractivity contribution in [2.24, 2.45) is 5.41 Å². The number of anilines is 1. The van der Waals surface area contributed by atoms with E-state index in [1.807, 2.05) is 12.1 Å². The van der Waals surface area contributed by atoms with E-state index in [9.17, 15) is 9.59 Å². The maximum Gasteiger partial charge on any atom is 0.229 e. The zero-order chi connectivity index (χ0) is 29.8. The number of likely N-dealkylation sites (N-methyl/N-ethyl adjacent to an activating group) is 1. The summed E-state index contributed by atoms with van der Waals surface area (Å²) >= 11 is 0. The van der Waals surface area contributed by atoms with E-state index in [0.29, 0.717) is 32.0 Å². The van der Waals surface area contributed by atoms with Crippen molar-refractivity contribution in [3.05, 3.63) is 54.4 Å². The zero-order valence-electron chi connectivity index (χ0n) is 25.6. The molecule has 1 aromatic heterocycles. The third kappa shape index (κ3) is 9.11. The Balaban J connectivity index is 0.000000244. The minimum atomic E-state index is 0.00676. The zero-order valence-corrected chi connectivity index (χ0v) is 25.6. The fourth-order valence-electron chi connectivity index (χ4n) is 6.40. The van der Waals surface area contributed by atoms with E-state index in [1.165, 1.54) is 23.3 Å². The second-order valence-electron chi connectivity index (χ2n) is 12.2. The molecule has 8 nitrogen and oxygen atoms in total. The average molecular weight is 573 g/mol. The quantitative estimate of drug-likeness (QED) is 0.239. The number of terminal acetylenes is 1. The summed E-state index contributed by atoms with van der Waals surface area (Å²) in [6, 6.07) is 12.8. The number of benzene rings is 1. The Hall–Kier alpha value is -3.28. The molecular formula is C34H48N6O2. The van der Waals surface area contributed by atoms with Crippen molar-refractivity contribution in [2.75, 3.05) is 57.8 Å². The third-order valence-corrected chi connectivity index (χ3v) is 9.10. The third-order valence-electron chi connectivity index (χ3n) is 9.10. The Morgan fingerprint density at radius 1 is 0.929 bits per heavy atom. The van der Waals surface area contributed by atoms with Gasteiger partial charge in [0.1, 0.15) is 0 Å².